The van der Waals surface area contributed by atoms with Gasteiger partial charge in [0.25, 0.3) is 0 Å². The molecular weight excluding hydrogens is 296 g/mol. The Morgan fingerprint density at radius 3 is 2.09 bits per heavy atom. The lowest BCUT2D eigenvalue weighted by molar-refractivity contribution is -0.153. The van der Waals surface area contributed by atoms with E-state index in [2.05, 4.69) is 0 Å². The van der Waals surface area contributed by atoms with Crippen LogP contribution in [-0.4, -0.2) is 31.1 Å². The second-order valence-corrected chi connectivity index (χ2v) is 6.57. The highest BCUT2D eigenvalue weighted by Gasteiger charge is 2.51. The summed E-state index contributed by atoms with van der Waals surface area (Å²) < 4.78 is 53.4. The van der Waals surface area contributed by atoms with Gasteiger partial charge in [-0.1, -0.05) is 6.07 Å². The Labute approximate surface area is 128 Å². The maximum Gasteiger partial charge on any atom is 0.494 e. The minimum atomic E-state index is -4.37. The van der Waals surface area contributed by atoms with Gasteiger partial charge in [-0.2, -0.15) is 13.2 Å². The fourth-order valence-electron chi connectivity index (χ4n) is 2.14. The van der Waals surface area contributed by atoms with E-state index in [1.165, 1.54) is 6.07 Å². The van der Waals surface area contributed by atoms with Crippen LogP contribution >= 0.6 is 0 Å². The first-order valence-corrected chi connectivity index (χ1v) is 7.06. The molecule has 0 aromatic heterocycles. The van der Waals surface area contributed by atoms with Gasteiger partial charge in [-0.3, -0.25) is 0 Å². The molecule has 0 N–H and O–H groups in total. The molecule has 0 saturated carbocycles. The van der Waals surface area contributed by atoms with Gasteiger partial charge in [-0.15, -0.1) is 0 Å². The lowest BCUT2D eigenvalue weighted by atomic mass is 9.78. The van der Waals surface area contributed by atoms with Crippen molar-refractivity contribution in [2.75, 3.05) is 6.61 Å². The van der Waals surface area contributed by atoms with Crippen molar-refractivity contribution in [2.24, 2.45) is 0 Å². The second-order valence-electron chi connectivity index (χ2n) is 6.57. The van der Waals surface area contributed by atoms with E-state index in [1.54, 1.807) is 13.0 Å². The number of benzene rings is 1. The highest BCUT2D eigenvalue weighted by molar-refractivity contribution is 6.62. The lowest BCUT2D eigenvalue weighted by Crippen LogP contribution is -2.41. The molecule has 1 aromatic carbocycles. The molecular formula is C15H20BF3O3. The first-order chi connectivity index (χ1) is 9.90. The quantitative estimate of drug-likeness (QED) is 0.801. The maximum absolute atomic E-state index is 12.3. The molecule has 0 unspecified atom stereocenters. The fraction of sp³-hybridized carbons (Fsp3) is 0.600. The van der Waals surface area contributed by atoms with Crippen molar-refractivity contribution < 1.29 is 27.2 Å². The molecule has 0 atom stereocenters. The average molecular weight is 316 g/mol. The molecule has 7 heteroatoms. The number of ether oxygens (including phenoxy) is 1. The van der Waals surface area contributed by atoms with Gasteiger partial charge in [0.15, 0.2) is 6.61 Å². The average Bonchev–Trinajstić information content (AvgIpc) is 2.55. The maximum atomic E-state index is 12.3. The molecule has 0 bridgehead atoms. The number of aryl methyl sites for hydroxylation is 1. The lowest BCUT2D eigenvalue weighted by Gasteiger charge is -2.32. The molecule has 3 nitrogen and oxygen atoms in total. The van der Waals surface area contributed by atoms with E-state index in [0.717, 1.165) is 5.56 Å². The SMILES string of the molecule is Cc1cc(OCC(F)(F)F)cc(B2OC(C)(C)C(C)(C)O2)c1. The van der Waals surface area contributed by atoms with Gasteiger partial charge in [-0.05, 0) is 57.8 Å². The van der Waals surface area contributed by atoms with E-state index in [1.807, 2.05) is 33.8 Å². The molecule has 0 radical (unpaired) electrons. The Morgan fingerprint density at radius 1 is 1.05 bits per heavy atom. The Morgan fingerprint density at radius 2 is 1.59 bits per heavy atom. The number of hydrogen-bond acceptors (Lipinski definition) is 3. The van der Waals surface area contributed by atoms with Crippen LogP contribution < -0.4 is 10.2 Å². The number of rotatable bonds is 3. The number of halogens is 3. The van der Waals surface area contributed by atoms with Crippen LogP contribution in [0.25, 0.3) is 0 Å². The van der Waals surface area contributed by atoms with Crippen molar-refractivity contribution in [3.05, 3.63) is 23.8 Å². The van der Waals surface area contributed by atoms with Crippen molar-refractivity contribution in [1.82, 2.24) is 0 Å². The zero-order chi connectivity index (χ0) is 16.8. The molecule has 1 saturated heterocycles. The largest absolute Gasteiger partial charge is 0.494 e. The van der Waals surface area contributed by atoms with E-state index in [-0.39, 0.29) is 5.75 Å². The summed E-state index contributed by atoms with van der Waals surface area (Å²) in [6.07, 6.45) is -4.37. The highest BCUT2D eigenvalue weighted by atomic mass is 19.4. The summed E-state index contributed by atoms with van der Waals surface area (Å²) in [6.45, 7) is 8.15. The summed E-state index contributed by atoms with van der Waals surface area (Å²) in [5, 5.41) is 0. The predicted octanol–water partition coefficient (Wildman–Crippen LogP) is 3.24. The van der Waals surface area contributed by atoms with Crippen LogP contribution in [0.15, 0.2) is 18.2 Å². The van der Waals surface area contributed by atoms with Crippen LogP contribution in [0.3, 0.4) is 0 Å². The van der Waals surface area contributed by atoms with Gasteiger partial charge in [-0.25, -0.2) is 0 Å². The molecule has 122 valence electrons. The van der Waals surface area contributed by atoms with Crippen LogP contribution in [0.2, 0.25) is 0 Å². The van der Waals surface area contributed by atoms with Crippen molar-refractivity contribution in [1.29, 1.82) is 0 Å². The number of hydrogen-bond donors (Lipinski definition) is 0. The van der Waals surface area contributed by atoms with Crippen LogP contribution in [0.1, 0.15) is 33.3 Å². The molecule has 1 aliphatic heterocycles. The van der Waals surface area contributed by atoms with Gasteiger partial charge in [0.05, 0.1) is 11.2 Å². The fourth-order valence-corrected chi connectivity index (χ4v) is 2.14. The molecule has 1 heterocycles. The summed E-state index contributed by atoms with van der Waals surface area (Å²) in [6, 6.07) is 4.91. The van der Waals surface area contributed by atoms with E-state index >= 15 is 0 Å². The third-order valence-corrected chi connectivity index (χ3v) is 4.00. The Bertz CT molecular complexity index is 539. The normalized spacial score (nSPS) is 20.3. The molecule has 1 aliphatic rings. The second kappa shape index (κ2) is 5.46. The van der Waals surface area contributed by atoms with Gasteiger partial charge < -0.3 is 14.0 Å². The molecule has 1 fully saturated rings. The molecule has 0 aliphatic carbocycles. The molecule has 0 amide bonds. The third kappa shape index (κ3) is 3.76. The third-order valence-electron chi connectivity index (χ3n) is 4.00. The first kappa shape index (κ1) is 17.2. The molecule has 2 rings (SSSR count). The molecule has 22 heavy (non-hydrogen) atoms. The van der Waals surface area contributed by atoms with Crippen LogP contribution in [0.5, 0.6) is 5.75 Å². The minimum Gasteiger partial charge on any atom is -0.484 e. The summed E-state index contributed by atoms with van der Waals surface area (Å²) >= 11 is 0. The summed E-state index contributed by atoms with van der Waals surface area (Å²) in [5.74, 6) is 0.155. The van der Waals surface area contributed by atoms with E-state index in [9.17, 15) is 13.2 Å². The van der Waals surface area contributed by atoms with E-state index in [4.69, 9.17) is 14.0 Å². The van der Waals surface area contributed by atoms with Crippen molar-refractivity contribution in [2.45, 2.75) is 52.0 Å². The standard InChI is InChI=1S/C15H20BF3O3/c1-10-6-11(8-12(7-10)20-9-15(17,18)19)16-21-13(2,3)14(4,5)22-16/h6-8H,9H2,1-5H3. The summed E-state index contributed by atoms with van der Waals surface area (Å²) in [5.41, 5.74) is 0.420. The van der Waals surface area contributed by atoms with Gasteiger partial charge in [0, 0.05) is 0 Å². The molecule has 0 spiro atoms. The summed E-state index contributed by atoms with van der Waals surface area (Å²) in [7, 11) is -0.627. The zero-order valence-electron chi connectivity index (χ0n) is 13.4. The van der Waals surface area contributed by atoms with Gasteiger partial charge in [0.1, 0.15) is 5.75 Å². The van der Waals surface area contributed by atoms with Crippen molar-refractivity contribution in [3.63, 3.8) is 0 Å². The smallest absolute Gasteiger partial charge is 0.484 e. The van der Waals surface area contributed by atoms with Crippen LogP contribution in [-0.2, 0) is 9.31 Å². The number of alkyl halides is 3. The van der Waals surface area contributed by atoms with Crippen molar-refractivity contribution in [3.8, 4) is 5.75 Å². The zero-order valence-corrected chi connectivity index (χ0v) is 13.4. The molecule has 1 aromatic rings. The Kier molecular flexibility index (Phi) is 4.26. The Balaban J connectivity index is 2.21. The summed E-state index contributed by atoms with van der Waals surface area (Å²) in [4.78, 5) is 0. The van der Waals surface area contributed by atoms with E-state index in [0.29, 0.717) is 5.46 Å². The van der Waals surface area contributed by atoms with Gasteiger partial charge >= 0.3 is 13.3 Å². The Hall–Kier alpha value is -1.21. The topological polar surface area (TPSA) is 27.7 Å². The van der Waals surface area contributed by atoms with Crippen LogP contribution in [0, 0.1) is 6.92 Å². The van der Waals surface area contributed by atoms with Gasteiger partial charge in [0.2, 0.25) is 0 Å². The monoisotopic (exact) mass is 316 g/mol. The van der Waals surface area contributed by atoms with Crippen LogP contribution in [0.4, 0.5) is 13.2 Å². The predicted molar refractivity (Wildman–Crippen MR) is 78.4 cm³/mol. The van der Waals surface area contributed by atoms with Crippen molar-refractivity contribution >= 4 is 12.6 Å². The van der Waals surface area contributed by atoms with E-state index < -0.39 is 31.1 Å². The first-order valence-electron chi connectivity index (χ1n) is 7.06. The minimum absolute atomic E-state index is 0.155. The highest BCUT2D eigenvalue weighted by Crippen LogP contribution is 2.36.